The number of halogens is 3. The molecule has 11 heteroatoms. The lowest BCUT2D eigenvalue weighted by atomic mass is 10.0. The maximum atomic E-state index is 13.9. The van der Waals surface area contributed by atoms with Gasteiger partial charge in [0.15, 0.2) is 11.6 Å². The van der Waals surface area contributed by atoms with E-state index >= 15 is 0 Å². The number of aliphatic hydroxyl groups is 1. The fourth-order valence-corrected chi connectivity index (χ4v) is 3.33. The molecule has 0 bridgehead atoms. The maximum Gasteiger partial charge on any atom is 0.277 e. The molecule has 0 unspecified atom stereocenters. The number of rotatable bonds is 7. The van der Waals surface area contributed by atoms with Crippen LogP contribution in [0.4, 0.5) is 14.6 Å². The lowest BCUT2D eigenvalue weighted by Gasteiger charge is -2.17. The Balaban J connectivity index is 1.96. The minimum Gasteiger partial charge on any atom is -0.485 e. The van der Waals surface area contributed by atoms with Gasteiger partial charge >= 0.3 is 0 Å². The highest BCUT2D eigenvalue weighted by molar-refractivity contribution is 6.31. The van der Waals surface area contributed by atoms with E-state index in [1.807, 2.05) is 0 Å². The van der Waals surface area contributed by atoms with Crippen LogP contribution in [0.1, 0.15) is 30.8 Å². The topological polar surface area (TPSA) is 116 Å². The Morgan fingerprint density at radius 3 is 2.60 bits per heavy atom. The number of aromatic nitrogens is 3. The Bertz CT molecular complexity index is 1380. The zero-order valence-electron chi connectivity index (χ0n) is 19.5. The Morgan fingerprint density at radius 1 is 1.26 bits per heavy atom. The molecule has 3 aromatic heterocycles. The van der Waals surface area contributed by atoms with Crippen LogP contribution in [0.15, 0.2) is 52.2 Å². The van der Waals surface area contributed by atoms with Gasteiger partial charge in [0, 0.05) is 48.1 Å². The van der Waals surface area contributed by atoms with Crippen molar-refractivity contribution in [1.82, 2.24) is 14.5 Å². The van der Waals surface area contributed by atoms with Gasteiger partial charge in [-0.05, 0) is 33.3 Å². The molecular weight excluding hydrogens is 480 g/mol. The maximum absolute atomic E-state index is 13.9. The molecule has 3 heterocycles. The van der Waals surface area contributed by atoms with E-state index in [1.165, 1.54) is 23.0 Å². The second-order valence-electron chi connectivity index (χ2n) is 8.24. The molecule has 0 radical (unpaired) electrons. The first kappa shape index (κ1) is 26.0. The predicted octanol–water partition coefficient (Wildman–Crippen LogP) is 4.07. The van der Waals surface area contributed by atoms with Crippen molar-refractivity contribution in [3.8, 4) is 11.4 Å². The fraction of sp³-hybridized carbons (Fsp3) is 0.250. The van der Waals surface area contributed by atoms with E-state index in [4.69, 9.17) is 22.1 Å². The van der Waals surface area contributed by atoms with Gasteiger partial charge < -0.3 is 15.6 Å². The highest BCUT2D eigenvalue weighted by Gasteiger charge is 2.19. The summed E-state index contributed by atoms with van der Waals surface area (Å²) in [6, 6.07) is 3.81. The lowest BCUT2D eigenvalue weighted by molar-refractivity contribution is 0.126. The molecule has 0 aliphatic heterocycles. The van der Waals surface area contributed by atoms with E-state index < -0.39 is 22.8 Å². The SMILES string of the molecule is Cc1cnc(N=C/C(=C\N)C(C)(C)O)cc1-n1c(C)cc(OCc2ncc(F)cc2F)c(Cl)c1=O. The smallest absolute Gasteiger partial charge is 0.277 e. The molecule has 0 aromatic carbocycles. The highest BCUT2D eigenvalue weighted by atomic mass is 35.5. The first-order valence-electron chi connectivity index (χ1n) is 10.4. The number of nitrogens with zero attached hydrogens (tertiary/aromatic N) is 4. The Hall–Kier alpha value is -3.63. The molecule has 8 nitrogen and oxygen atoms in total. The van der Waals surface area contributed by atoms with Crippen LogP contribution >= 0.6 is 11.6 Å². The van der Waals surface area contributed by atoms with Crippen molar-refractivity contribution < 1.29 is 18.6 Å². The van der Waals surface area contributed by atoms with Crippen LogP contribution in [-0.2, 0) is 6.61 Å². The van der Waals surface area contributed by atoms with Gasteiger partial charge in [0.2, 0.25) is 0 Å². The van der Waals surface area contributed by atoms with Crippen molar-refractivity contribution in [2.45, 2.75) is 39.9 Å². The molecule has 184 valence electrons. The Labute approximate surface area is 205 Å². The normalized spacial score (nSPS) is 12.4. The summed E-state index contributed by atoms with van der Waals surface area (Å²) in [6.45, 7) is 6.24. The molecule has 35 heavy (non-hydrogen) atoms. The van der Waals surface area contributed by atoms with Gasteiger partial charge in [0.1, 0.15) is 28.9 Å². The third-order valence-electron chi connectivity index (χ3n) is 5.07. The third-order valence-corrected chi connectivity index (χ3v) is 5.42. The van der Waals surface area contributed by atoms with Crippen LogP contribution in [0, 0.1) is 25.5 Å². The first-order chi connectivity index (χ1) is 16.4. The molecular formula is C24H24ClF2N5O3. The van der Waals surface area contributed by atoms with Crippen molar-refractivity contribution in [2.75, 3.05) is 0 Å². The zero-order valence-corrected chi connectivity index (χ0v) is 20.3. The van der Waals surface area contributed by atoms with Gasteiger partial charge in [-0.2, -0.15) is 0 Å². The van der Waals surface area contributed by atoms with E-state index in [0.29, 0.717) is 28.6 Å². The van der Waals surface area contributed by atoms with Gasteiger partial charge in [-0.1, -0.05) is 11.6 Å². The Morgan fingerprint density at radius 2 is 1.97 bits per heavy atom. The minimum absolute atomic E-state index is 0.0313. The summed E-state index contributed by atoms with van der Waals surface area (Å²) >= 11 is 6.29. The van der Waals surface area contributed by atoms with Crippen molar-refractivity contribution in [2.24, 2.45) is 10.7 Å². The number of hydrogen-bond donors (Lipinski definition) is 2. The molecule has 0 amide bonds. The van der Waals surface area contributed by atoms with Crippen LogP contribution in [0.5, 0.6) is 5.75 Å². The number of ether oxygens (including phenoxy) is 1. The highest BCUT2D eigenvalue weighted by Crippen LogP contribution is 2.27. The average molecular weight is 504 g/mol. The molecule has 0 fully saturated rings. The van der Waals surface area contributed by atoms with E-state index in [0.717, 1.165) is 6.20 Å². The van der Waals surface area contributed by atoms with Crippen LogP contribution in [0.25, 0.3) is 5.69 Å². The average Bonchev–Trinajstić information content (AvgIpc) is 2.77. The summed E-state index contributed by atoms with van der Waals surface area (Å²) in [4.78, 5) is 25.3. The number of hydrogen-bond acceptors (Lipinski definition) is 7. The molecule has 0 saturated carbocycles. The molecule has 0 spiro atoms. The van der Waals surface area contributed by atoms with Crippen LogP contribution in [0.3, 0.4) is 0 Å². The molecule has 0 aliphatic rings. The molecule has 3 rings (SSSR count). The summed E-state index contributed by atoms with van der Waals surface area (Å²) < 4.78 is 33.8. The van der Waals surface area contributed by atoms with Gasteiger partial charge in [-0.15, -0.1) is 0 Å². The summed E-state index contributed by atoms with van der Waals surface area (Å²) in [5, 5.41) is 9.90. The minimum atomic E-state index is -1.20. The molecule has 0 atom stereocenters. The summed E-state index contributed by atoms with van der Waals surface area (Å²) in [7, 11) is 0. The summed E-state index contributed by atoms with van der Waals surface area (Å²) in [6.07, 6.45) is 5.06. The first-order valence-corrected chi connectivity index (χ1v) is 10.8. The quantitative estimate of drug-likeness (QED) is 0.469. The lowest BCUT2D eigenvalue weighted by Crippen LogP contribution is -2.24. The van der Waals surface area contributed by atoms with Crippen LogP contribution in [0.2, 0.25) is 5.02 Å². The standard InChI is InChI=1S/C24H24ClF2N5O3/c1-13-9-30-21(31-10-15(8-28)24(3,4)34)7-19(13)32-14(2)5-20(22(25)23(32)33)35-12-18-17(27)6-16(26)11-29-18/h5-11,34H,12,28H2,1-4H3/b15-8+,31-10?. The van der Waals surface area contributed by atoms with Crippen LogP contribution in [-0.4, -0.2) is 31.5 Å². The fourth-order valence-electron chi connectivity index (χ4n) is 3.14. The summed E-state index contributed by atoms with van der Waals surface area (Å²) in [5.74, 6) is -1.38. The van der Waals surface area contributed by atoms with E-state index in [2.05, 4.69) is 15.0 Å². The molecule has 3 aromatic rings. The number of aryl methyl sites for hydroxylation is 2. The van der Waals surface area contributed by atoms with Crippen LogP contribution < -0.4 is 16.0 Å². The predicted molar refractivity (Wildman–Crippen MR) is 130 cm³/mol. The van der Waals surface area contributed by atoms with E-state index in [1.54, 1.807) is 40.0 Å². The second kappa shape index (κ2) is 10.3. The molecule has 3 N–H and O–H groups in total. The monoisotopic (exact) mass is 503 g/mol. The van der Waals surface area contributed by atoms with Crippen molar-refractivity contribution in [1.29, 1.82) is 0 Å². The summed E-state index contributed by atoms with van der Waals surface area (Å²) in [5.41, 5.74) is 5.68. The largest absolute Gasteiger partial charge is 0.485 e. The Kier molecular flexibility index (Phi) is 7.67. The zero-order chi connectivity index (χ0) is 25.9. The van der Waals surface area contributed by atoms with Crippen molar-refractivity contribution >= 4 is 23.6 Å². The van der Waals surface area contributed by atoms with Gasteiger partial charge in [-0.25, -0.2) is 18.8 Å². The van der Waals surface area contributed by atoms with Crippen molar-refractivity contribution in [3.05, 3.63) is 86.3 Å². The molecule has 0 aliphatic carbocycles. The molecule has 0 saturated heterocycles. The van der Waals surface area contributed by atoms with Gasteiger partial charge in [0.25, 0.3) is 5.56 Å². The van der Waals surface area contributed by atoms with Crippen molar-refractivity contribution in [3.63, 3.8) is 0 Å². The third kappa shape index (κ3) is 5.90. The number of pyridine rings is 3. The van der Waals surface area contributed by atoms with Gasteiger partial charge in [-0.3, -0.25) is 14.3 Å². The van der Waals surface area contributed by atoms with E-state index in [-0.39, 0.29) is 28.9 Å². The van der Waals surface area contributed by atoms with E-state index in [9.17, 15) is 18.7 Å². The van der Waals surface area contributed by atoms with Gasteiger partial charge in [0.05, 0.1) is 17.5 Å². The number of nitrogens with two attached hydrogens (primary N) is 1. The number of aliphatic imine (C=N–C) groups is 1. The second-order valence-corrected chi connectivity index (χ2v) is 8.62.